The zero-order chi connectivity index (χ0) is 21.3. The van der Waals surface area contributed by atoms with Gasteiger partial charge in [0.2, 0.25) is 5.91 Å². The Labute approximate surface area is 175 Å². The van der Waals surface area contributed by atoms with Crippen molar-refractivity contribution < 1.29 is 23.4 Å². The Kier molecular flexibility index (Phi) is 6.13. The van der Waals surface area contributed by atoms with Crippen LogP contribution in [-0.2, 0) is 16.6 Å². The smallest absolute Gasteiger partial charge is 0.297 e. The summed E-state index contributed by atoms with van der Waals surface area (Å²) in [4.78, 5) is 15.6. The van der Waals surface area contributed by atoms with Crippen LogP contribution >= 0.6 is 0 Å². The van der Waals surface area contributed by atoms with E-state index < -0.39 is 0 Å². The van der Waals surface area contributed by atoms with Crippen molar-refractivity contribution in [2.24, 2.45) is 7.05 Å². The van der Waals surface area contributed by atoms with Gasteiger partial charge >= 0.3 is 0 Å². The van der Waals surface area contributed by atoms with Crippen LogP contribution in [0.3, 0.4) is 0 Å². The van der Waals surface area contributed by atoms with Gasteiger partial charge in [0.15, 0.2) is 11.6 Å². The molecule has 0 spiro atoms. The number of hydrogen-bond donors (Lipinski definition) is 1. The Morgan fingerprint density at radius 3 is 2.47 bits per heavy atom. The number of amides is 1. The first-order valence-corrected chi connectivity index (χ1v) is 10.8. The molecule has 8 heteroatoms. The molecule has 0 bridgehead atoms. The quantitative estimate of drug-likeness (QED) is 0.709. The number of aromatic nitrogens is 2. The number of hydrogen-bond acceptors (Lipinski definition) is 5. The van der Waals surface area contributed by atoms with Gasteiger partial charge in [-0.3, -0.25) is 9.36 Å². The van der Waals surface area contributed by atoms with Crippen LogP contribution in [-0.4, -0.2) is 46.4 Å². The molecule has 2 saturated carbocycles. The maximum Gasteiger partial charge on any atom is 0.297 e. The summed E-state index contributed by atoms with van der Waals surface area (Å²) in [7, 11) is 1.77. The SMILES string of the molecule is CC(=O)N[C@@H](C)CO[C@H]1CC[C@H](Oc2nc3ccc(OC4CC4)c(F)c3n2C)CC1. The van der Waals surface area contributed by atoms with Crippen LogP contribution in [0.25, 0.3) is 11.0 Å². The highest BCUT2D eigenvalue weighted by atomic mass is 19.1. The number of fused-ring (bicyclic) bond motifs is 1. The first-order chi connectivity index (χ1) is 14.4. The fraction of sp³-hybridized carbons (Fsp3) is 0.636. The van der Waals surface area contributed by atoms with E-state index in [4.69, 9.17) is 14.2 Å². The second-order valence-electron chi connectivity index (χ2n) is 8.47. The fourth-order valence-corrected chi connectivity index (χ4v) is 3.92. The van der Waals surface area contributed by atoms with Gasteiger partial charge in [-0.25, -0.2) is 4.39 Å². The molecule has 2 aliphatic rings. The number of ether oxygens (including phenoxy) is 3. The first kappa shape index (κ1) is 20.9. The van der Waals surface area contributed by atoms with Crippen molar-refractivity contribution in [3.05, 3.63) is 17.9 Å². The lowest BCUT2D eigenvalue weighted by molar-refractivity contribution is -0.120. The molecule has 7 nitrogen and oxygen atoms in total. The van der Waals surface area contributed by atoms with Crippen molar-refractivity contribution in [2.45, 2.75) is 76.7 Å². The van der Waals surface area contributed by atoms with Crippen LogP contribution in [0.2, 0.25) is 0 Å². The maximum atomic E-state index is 14.9. The molecule has 1 N–H and O–H groups in total. The molecule has 4 rings (SSSR count). The van der Waals surface area contributed by atoms with Gasteiger partial charge in [-0.2, -0.15) is 4.98 Å². The molecule has 0 unspecified atom stereocenters. The third-order valence-corrected chi connectivity index (χ3v) is 5.64. The summed E-state index contributed by atoms with van der Waals surface area (Å²) in [6.45, 7) is 3.94. The number of carbonyl (C=O) groups excluding carboxylic acids is 1. The molecule has 164 valence electrons. The number of imidazole rings is 1. The molecular weight excluding hydrogens is 389 g/mol. The molecule has 2 fully saturated rings. The predicted molar refractivity (Wildman–Crippen MR) is 110 cm³/mol. The van der Waals surface area contributed by atoms with E-state index in [-0.39, 0.29) is 41.8 Å². The molecule has 0 aliphatic heterocycles. The Balaban J connectivity index is 1.33. The minimum Gasteiger partial charge on any atom is -0.487 e. The minimum atomic E-state index is -0.380. The minimum absolute atomic E-state index is 0.000142. The van der Waals surface area contributed by atoms with Crippen molar-refractivity contribution in [1.82, 2.24) is 14.9 Å². The summed E-state index contributed by atoms with van der Waals surface area (Å²) in [6, 6.07) is 3.86. The van der Waals surface area contributed by atoms with Crippen molar-refractivity contribution >= 4 is 16.9 Å². The van der Waals surface area contributed by atoms with E-state index in [1.54, 1.807) is 23.7 Å². The highest BCUT2D eigenvalue weighted by molar-refractivity contribution is 5.79. The van der Waals surface area contributed by atoms with E-state index in [2.05, 4.69) is 10.3 Å². The van der Waals surface area contributed by atoms with Crippen LogP contribution < -0.4 is 14.8 Å². The van der Waals surface area contributed by atoms with Crippen molar-refractivity contribution in [3.8, 4) is 11.8 Å². The lowest BCUT2D eigenvalue weighted by Crippen LogP contribution is -2.37. The van der Waals surface area contributed by atoms with E-state index in [0.29, 0.717) is 23.7 Å². The van der Waals surface area contributed by atoms with E-state index in [1.165, 1.54) is 6.92 Å². The lowest BCUT2D eigenvalue weighted by Gasteiger charge is -2.29. The van der Waals surface area contributed by atoms with Crippen LogP contribution in [0.4, 0.5) is 4.39 Å². The van der Waals surface area contributed by atoms with Gasteiger partial charge in [0.25, 0.3) is 6.01 Å². The van der Waals surface area contributed by atoms with Crippen LogP contribution in [0.1, 0.15) is 52.4 Å². The van der Waals surface area contributed by atoms with Crippen molar-refractivity contribution in [3.63, 3.8) is 0 Å². The van der Waals surface area contributed by atoms with Crippen molar-refractivity contribution in [2.75, 3.05) is 6.61 Å². The Morgan fingerprint density at radius 2 is 1.80 bits per heavy atom. The summed E-state index contributed by atoms with van der Waals surface area (Å²) in [6.07, 6.45) is 5.76. The van der Waals surface area contributed by atoms with Gasteiger partial charge in [0.1, 0.15) is 11.6 Å². The van der Waals surface area contributed by atoms with Gasteiger partial charge in [-0.05, 0) is 57.6 Å². The maximum absolute atomic E-state index is 14.9. The largest absolute Gasteiger partial charge is 0.487 e. The number of carbonyl (C=O) groups is 1. The molecule has 0 radical (unpaired) electrons. The molecule has 2 aliphatic carbocycles. The van der Waals surface area contributed by atoms with Gasteiger partial charge < -0.3 is 19.5 Å². The molecule has 1 amide bonds. The van der Waals surface area contributed by atoms with E-state index in [1.807, 2.05) is 6.92 Å². The van der Waals surface area contributed by atoms with Gasteiger partial charge in [0.05, 0.1) is 24.3 Å². The number of rotatable bonds is 8. The van der Waals surface area contributed by atoms with Crippen LogP contribution in [0, 0.1) is 5.82 Å². The number of nitrogens with one attached hydrogen (secondary N) is 1. The average molecular weight is 419 g/mol. The number of halogens is 1. The molecule has 2 aromatic rings. The average Bonchev–Trinajstić information content (AvgIpc) is 3.46. The second kappa shape index (κ2) is 8.79. The summed E-state index contributed by atoms with van der Waals surface area (Å²) in [5.41, 5.74) is 0.976. The van der Waals surface area contributed by atoms with Crippen molar-refractivity contribution in [1.29, 1.82) is 0 Å². The third kappa shape index (κ3) is 4.86. The zero-order valence-electron chi connectivity index (χ0n) is 17.8. The molecule has 1 aromatic carbocycles. The van der Waals surface area contributed by atoms with E-state index in [9.17, 15) is 9.18 Å². The number of nitrogens with zero attached hydrogens (tertiary/aromatic N) is 2. The fourth-order valence-electron chi connectivity index (χ4n) is 3.92. The van der Waals surface area contributed by atoms with E-state index >= 15 is 0 Å². The molecule has 30 heavy (non-hydrogen) atoms. The molecular formula is C22H30FN3O4. The lowest BCUT2D eigenvalue weighted by atomic mass is 9.95. The molecule has 1 aromatic heterocycles. The molecule has 1 heterocycles. The van der Waals surface area contributed by atoms with Gasteiger partial charge in [-0.15, -0.1) is 0 Å². The normalized spacial score (nSPS) is 22.7. The Hall–Kier alpha value is -2.35. The van der Waals surface area contributed by atoms with Gasteiger partial charge in [-0.1, -0.05) is 0 Å². The topological polar surface area (TPSA) is 74.6 Å². The van der Waals surface area contributed by atoms with Crippen LogP contribution in [0.5, 0.6) is 11.8 Å². The summed E-state index contributed by atoms with van der Waals surface area (Å²) in [5, 5.41) is 2.83. The highest BCUT2D eigenvalue weighted by Gasteiger charge is 2.28. The summed E-state index contributed by atoms with van der Waals surface area (Å²) < 4.78 is 34.3. The Morgan fingerprint density at radius 1 is 1.17 bits per heavy atom. The molecule has 0 saturated heterocycles. The van der Waals surface area contributed by atoms with E-state index in [0.717, 1.165) is 38.5 Å². The summed E-state index contributed by atoms with van der Waals surface area (Å²) in [5.74, 6) is -0.145. The Bertz CT molecular complexity index is 903. The summed E-state index contributed by atoms with van der Waals surface area (Å²) >= 11 is 0. The second-order valence-corrected chi connectivity index (χ2v) is 8.47. The zero-order valence-corrected chi connectivity index (χ0v) is 17.8. The van der Waals surface area contributed by atoms with Gasteiger partial charge in [0, 0.05) is 20.0 Å². The third-order valence-electron chi connectivity index (χ3n) is 5.64. The predicted octanol–water partition coefficient (Wildman–Crippen LogP) is 3.48. The highest BCUT2D eigenvalue weighted by Crippen LogP contribution is 2.34. The first-order valence-electron chi connectivity index (χ1n) is 10.8. The molecule has 1 atom stereocenters. The number of aryl methyl sites for hydroxylation is 1. The number of benzene rings is 1. The monoisotopic (exact) mass is 419 g/mol. The standard InChI is InChI=1S/C22H30FN3O4/c1-13(24-14(2)27)12-28-15-4-6-17(7-5-15)30-22-25-18-10-11-19(29-16-8-9-16)20(23)21(18)26(22)3/h10-11,13,15-17H,4-9,12H2,1-3H3,(H,24,27)/t13-,15-,17-/m0/s1. The van der Waals surface area contributed by atoms with Crippen LogP contribution in [0.15, 0.2) is 12.1 Å².